The minimum Gasteiger partial charge on any atom is -0.324 e. The molecule has 3 nitrogen and oxygen atoms in total. The molecule has 0 spiro atoms. The first kappa shape index (κ1) is 17.9. The summed E-state index contributed by atoms with van der Waals surface area (Å²) in [5.41, 5.74) is 2.80. The third kappa shape index (κ3) is 5.01. The second kappa shape index (κ2) is 8.39. The highest BCUT2D eigenvalue weighted by Crippen LogP contribution is 2.16. The zero-order chi connectivity index (χ0) is 17.5. The molecule has 126 valence electrons. The standard InChI is InChI=1S/C20H22FNO2/c1-3-4-15-6-8-16(9-7-15)19(23)11-12-20(24)22-18-13-14(2)5-10-17(18)21/h5-10,13H,3-4,11-12H2,1-2H3,(H,22,24). The lowest BCUT2D eigenvalue weighted by Crippen LogP contribution is -2.14. The molecule has 0 fully saturated rings. The van der Waals surface area contributed by atoms with Crippen LogP contribution in [0.25, 0.3) is 0 Å². The number of anilines is 1. The van der Waals surface area contributed by atoms with Gasteiger partial charge in [0.05, 0.1) is 5.69 Å². The van der Waals surface area contributed by atoms with Gasteiger partial charge in [-0.15, -0.1) is 0 Å². The van der Waals surface area contributed by atoms with E-state index >= 15 is 0 Å². The molecule has 0 saturated heterocycles. The van der Waals surface area contributed by atoms with Gasteiger partial charge in [-0.25, -0.2) is 4.39 Å². The fourth-order valence-corrected chi connectivity index (χ4v) is 2.46. The molecule has 0 bridgehead atoms. The number of amides is 1. The van der Waals surface area contributed by atoms with Gasteiger partial charge in [-0.2, -0.15) is 0 Å². The number of benzene rings is 2. The van der Waals surface area contributed by atoms with Gasteiger partial charge in [0.1, 0.15) is 5.82 Å². The lowest BCUT2D eigenvalue weighted by molar-refractivity contribution is -0.116. The third-order valence-corrected chi connectivity index (χ3v) is 3.79. The van der Waals surface area contributed by atoms with Crippen LogP contribution in [0.1, 0.15) is 47.7 Å². The molecule has 0 aliphatic carbocycles. The highest BCUT2D eigenvalue weighted by molar-refractivity contribution is 6.00. The summed E-state index contributed by atoms with van der Waals surface area (Å²) in [6.07, 6.45) is 2.18. The van der Waals surface area contributed by atoms with Crippen LogP contribution in [0.15, 0.2) is 42.5 Å². The highest BCUT2D eigenvalue weighted by Gasteiger charge is 2.11. The Morgan fingerprint density at radius 2 is 1.75 bits per heavy atom. The number of Topliss-reactive ketones (excluding diaryl/α,β-unsaturated/α-hetero) is 1. The van der Waals surface area contributed by atoms with Crippen molar-refractivity contribution in [2.24, 2.45) is 0 Å². The second-order valence-electron chi connectivity index (χ2n) is 5.90. The zero-order valence-electron chi connectivity index (χ0n) is 14.1. The Bertz CT molecular complexity index is 723. The Morgan fingerprint density at radius 3 is 2.42 bits per heavy atom. The molecule has 2 aromatic carbocycles. The molecule has 2 rings (SSSR count). The van der Waals surface area contributed by atoms with Crippen molar-refractivity contribution < 1.29 is 14.0 Å². The molecule has 1 amide bonds. The summed E-state index contributed by atoms with van der Waals surface area (Å²) < 4.78 is 13.6. The topological polar surface area (TPSA) is 46.2 Å². The fourth-order valence-electron chi connectivity index (χ4n) is 2.46. The molecule has 0 aliphatic heterocycles. The van der Waals surface area contributed by atoms with Crippen LogP contribution in [-0.2, 0) is 11.2 Å². The summed E-state index contributed by atoms with van der Waals surface area (Å²) in [7, 11) is 0. The summed E-state index contributed by atoms with van der Waals surface area (Å²) >= 11 is 0. The van der Waals surface area contributed by atoms with Gasteiger partial charge in [0, 0.05) is 18.4 Å². The van der Waals surface area contributed by atoms with Gasteiger partial charge in [0.15, 0.2) is 5.78 Å². The molecule has 0 aliphatic rings. The van der Waals surface area contributed by atoms with Crippen LogP contribution in [0.2, 0.25) is 0 Å². The normalized spacial score (nSPS) is 10.5. The predicted octanol–water partition coefficient (Wildman–Crippen LogP) is 4.69. The number of nitrogens with one attached hydrogen (secondary N) is 1. The molecule has 0 radical (unpaired) electrons. The van der Waals surface area contributed by atoms with Crippen molar-refractivity contribution in [2.75, 3.05) is 5.32 Å². The maximum absolute atomic E-state index is 13.6. The second-order valence-corrected chi connectivity index (χ2v) is 5.90. The van der Waals surface area contributed by atoms with Gasteiger partial charge in [-0.05, 0) is 36.6 Å². The number of carbonyl (C=O) groups excluding carboxylic acids is 2. The number of hydrogen-bond acceptors (Lipinski definition) is 2. The summed E-state index contributed by atoms with van der Waals surface area (Å²) in [6, 6.07) is 12.0. The van der Waals surface area contributed by atoms with Gasteiger partial charge in [0.2, 0.25) is 5.91 Å². The number of hydrogen-bond donors (Lipinski definition) is 1. The van der Waals surface area contributed by atoms with Crippen molar-refractivity contribution >= 4 is 17.4 Å². The van der Waals surface area contributed by atoms with E-state index in [0.717, 1.165) is 18.4 Å². The zero-order valence-corrected chi connectivity index (χ0v) is 14.1. The maximum atomic E-state index is 13.6. The van der Waals surface area contributed by atoms with Crippen LogP contribution in [-0.4, -0.2) is 11.7 Å². The van der Waals surface area contributed by atoms with Crippen LogP contribution in [0.5, 0.6) is 0 Å². The molecule has 0 aromatic heterocycles. The van der Waals surface area contributed by atoms with Crippen molar-refractivity contribution in [3.8, 4) is 0 Å². The Balaban J connectivity index is 1.88. The van der Waals surface area contributed by atoms with E-state index < -0.39 is 5.82 Å². The van der Waals surface area contributed by atoms with E-state index in [1.54, 1.807) is 24.3 Å². The monoisotopic (exact) mass is 327 g/mol. The number of carbonyl (C=O) groups is 2. The van der Waals surface area contributed by atoms with Gasteiger partial charge < -0.3 is 5.32 Å². The number of rotatable bonds is 7. The first-order valence-electron chi connectivity index (χ1n) is 8.17. The average molecular weight is 327 g/mol. The summed E-state index contributed by atoms with van der Waals surface area (Å²) in [5.74, 6) is -0.930. The Hall–Kier alpha value is -2.49. The van der Waals surface area contributed by atoms with Crippen molar-refractivity contribution in [1.29, 1.82) is 0 Å². The molecular weight excluding hydrogens is 305 g/mol. The highest BCUT2D eigenvalue weighted by atomic mass is 19.1. The van der Waals surface area contributed by atoms with Gasteiger partial charge >= 0.3 is 0 Å². The van der Waals surface area contributed by atoms with E-state index in [2.05, 4.69) is 12.2 Å². The van der Waals surface area contributed by atoms with Crippen LogP contribution < -0.4 is 5.32 Å². The Labute approximate surface area is 141 Å². The van der Waals surface area contributed by atoms with E-state index in [1.165, 1.54) is 11.6 Å². The minimum absolute atomic E-state index is 0.0307. The smallest absolute Gasteiger partial charge is 0.224 e. The molecule has 0 unspecified atom stereocenters. The number of ketones is 1. The molecule has 24 heavy (non-hydrogen) atoms. The van der Waals surface area contributed by atoms with Crippen molar-refractivity contribution in [3.63, 3.8) is 0 Å². The Morgan fingerprint density at radius 1 is 1.04 bits per heavy atom. The van der Waals surface area contributed by atoms with Crippen LogP contribution in [0.4, 0.5) is 10.1 Å². The van der Waals surface area contributed by atoms with Crippen molar-refractivity contribution in [3.05, 3.63) is 65.0 Å². The largest absolute Gasteiger partial charge is 0.324 e. The first-order valence-corrected chi connectivity index (χ1v) is 8.17. The fraction of sp³-hybridized carbons (Fsp3) is 0.300. The van der Waals surface area contributed by atoms with Gasteiger partial charge in [0.25, 0.3) is 0 Å². The van der Waals surface area contributed by atoms with E-state index in [9.17, 15) is 14.0 Å². The van der Waals surface area contributed by atoms with E-state index in [-0.39, 0.29) is 30.2 Å². The van der Waals surface area contributed by atoms with Gasteiger partial charge in [-0.1, -0.05) is 43.7 Å². The summed E-state index contributed by atoms with van der Waals surface area (Å²) in [4.78, 5) is 24.1. The molecule has 2 aromatic rings. The maximum Gasteiger partial charge on any atom is 0.224 e. The summed E-state index contributed by atoms with van der Waals surface area (Å²) in [6.45, 7) is 3.93. The average Bonchev–Trinajstić information content (AvgIpc) is 2.57. The SMILES string of the molecule is CCCc1ccc(C(=O)CCC(=O)Nc2cc(C)ccc2F)cc1. The Kier molecular flexibility index (Phi) is 6.24. The molecule has 0 saturated carbocycles. The first-order chi connectivity index (χ1) is 11.5. The van der Waals surface area contributed by atoms with Crippen molar-refractivity contribution in [1.82, 2.24) is 0 Å². The quantitative estimate of drug-likeness (QED) is 0.750. The van der Waals surface area contributed by atoms with Crippen LogP contribution in [0, 0.1) is 12.7 Å². The van der Waals surface area contributed by atoms with Crippen molar-refractivity contribution in [2.45, 2.75) is 39.5 Å². The molecule has 1 N–H and O–H groups in total. The molecule has 0 heterocycles. The third-order valence-electron chi connectivity index (χ3n) is 3.79. The lowest BCUT2D eigenvalue weighted by Gasteiger charge is -2.07. The molecular formula is C20H22FNO2. The van der Waals surface area contributed by atoms with E-state index in [1.807, 2.05) is 19.1 Å². The van der Waals surface area contributed by atoms with Crippen LogP contribution in [0.3, 0.4) is 0 Å². The van der Waals surface area contributed by atoms with E-state index in [4.69, 9.17) is 0 Å². The summed E-state index contributed by atoms with van der Waals surface area (Å²) in [5, 5.41) is 2.52. The molecule has 0 atom stereocenters. The lowest BCUT2D eigenvalue weighted by atomic mass is 10.0. The minimum atomic E-state index is -0.480. The predicted molar refractivity (Wildman–Crippen MR) is 93.8 cm³/mol. The van der Waals surface area contributed by atoms with Crippen LogP contribution >= 0.6 is 0 Å². The number of halogens is 1. The number of aryl methyl sites for hydroxylation is 2. The van der Waals surface area contributed by atoms with E-state index in [0.29, 0.717) is 5.56 Å². The molecule has 4 heteroatoms. The van der Waals surface area contributed by atoms with Gasteiger partial charge in [-0.3, -0.25) is 9.59 Å².